The maximum Gasteiger partial charge on any atom is 0.422 e. The molecule has 54 heavy (non-hydrogen) atoms. The topological polar surface area (TPSA) is 84.3 Å². The Morgan fingerprint density at radius 2 is 1.33 bits per heavy atom. The molecule has 6 nitrogen and oxygen atoms in total. The number of halogens is 10. The minimum absolute atomic E-state index is 0.0492. The predicted octanol–water partition coefficient (Wildman–Crippen LogP) is 12.0. The molecule has 2 N–H and O–H groups in total. The Morgan fingerprint density at radius 3 is 1.91 bits per heavy atom. The predicted molar refractivity (Wildman–Crippen MR) is 202 cm³/mol. The lowest BCUT2D eigenvalue weighted by molar-refractivity contribution is -0.272. The minimum Gasteiger partial charge on any atom is -0.399 e. The largest absolute Gasteiger partial charge is 0.422 e. The Labute approximate surface area is 328 Å². The Morgan fingerprint density at radius 1 is 0.796 bits per heavy atom. The van der Waals surface area contributed by atoms with Crippen molar-refractivity contribution in [3.8, 4) is 0 Å². The third-order valence-electron chi connectivity index (χ3n) is 9.70. The molecule has 0 fully saturated rings. The van der Waals surface area contributed by atoms with Crippen LogP contribution in [-0.4, -0.2) is 43.2 Å². The molecule has 0 amide bonds. The van der Waals surface area contributed by atoms with Gasteiger partial charge < -0.3 is 14.5 Å². The quantitative estimate of drug-likeness (QED) is 0.139. The molecule has 5 aromatic rings. The lowest BCUT2D eigenvalue weighted by Crippen LogP contribution is -2.53. The molecule has 3 aromatic carbocycles. The summed E-state index contributed by atoms with van der Waals surface area (Å²) in [4.78, 5) is 2.54. The monoisotopic (exact) mass is 872 g/mol. The number of nitrogens with one attached hydrogen (secondary N) is 1. The fraction of sp³-hybridized carbons (Fsp3) is 0.389. The third-order valence-corrected chi connectivity index (χ3v) is 13.8. The van der Waals surface area contributed by atoms with Crippen LogP contribution in [0.25, 0.3) is 21.8 Å². The zero-order valence-corrected chi connectivity index (χ0v) is 34.0. The molecule has 0 bridgehead atoms. The van der Waals surface area contributed by atoms with Crippen LogP contribution in [0, 0.1) is 6.92 Å². The number of benzene rings is 3. The number of aryl methyl sites for hydroxylation is 3. The van der Waals surface area contributed by atoms with Crippen molar-refractivity contribution in [2.45, 2.75) is 93.5 Å². The standard InChI is InChI=1S/C23H24Cl2F3NO3SSi.C13H10Cl2F3NO/c1-14-7-9-15(10-8-14)33(30,31)29-20-13-19(25)18(24)12-17(20)16-6-5-11-22(21(16)29,23(26,27)28)32-34(2,3)4;14-8-4-7-6-2-1-3-12(20,13(16,17)18)11(6)19-10(7)5-9(8)15/h7-10,12-13H,5-6,11H2,1-4H3;4-5,19-20H,1-3H2. The van der Waals surface area contributed by atoms with Crippen molar-refractivity contribution < 1.29 is 44.3 Å². The summed E-state index contributed by atoms with van der Waals surface area (Å²) in [6, 6.07) is 11.8. The summed E-state index contributed by atoms with van der Waals surface area (Å²) in [5.74, 6) is 0. The van der Waals surface area contributed by atoms with Crippen molar-refractivity contribution in [2.24, 2.45) is 0 Å². The van der Waals surface area contributed by atoms with Gasteiger partial charge in [-0.05, 0) is 113 Å². The number of rotatable bonds is 4. The molecule has 2 aliphatic rings. The van der Waals surface area contributed by atoms with E-state index in [2.05, 4.69) is 4.98 Å². The van der Waals surface area contributed by atoms with Gasteiger partial charge in [0.15, 0.2) is 13.9 Å². The van der Waals surface area contributed by atoms with Gasteiger partial charge in [0.05, 0.1) is 41.9 Å². The van der Waals surface area contributed by atoms with Gasteiger partial charge in [-0.3, -0.25) is 0 Å². The van der Waals surface area contributed by atoms with Crippen molar-refractivity contribution in [3.63, 3.8) is 0 Å². The molecule has 2 aliphatic carbocycles. The number of nitrogens with zero attached hydrogens (tertiary/aromatic N) is 1. The summed E-state index contributed by atoms with van der Waals surface area (Å²) >= 11 is 24.2. The van der Waals surface area contributed by atoms with E-state index in [0.717, 1.165) is 9.54 Å². The summed E-state index contributed by atoms with van der Waals surface area (Å²) in [5, 5.41) is 11.7. The van der Waals surface area contributed by atoms with E-state index in [1.807, 2.05) is 0 Å². The molecule has 2 atom stereocenters. The van der Waals surface area contributed by atoms with Gasteiger partial charge in [-0.25, -0.2) is 12.4 Å². The molecular formula is C36H34Cl4F6N2O4SSi. The second-order valence-electron chi connectivity index (χ2n) is 14.6. The second kappa shape index (κ2) is 13.9. The van der Waals surface area contributed by atoms with E-state index in [1.165, 1.54) is 36.4 Å². The number of aliphatic hydroxyl groups is 1. The lowest BCUT2D eigenvalue weighted by Gasteiger charge is -2.43. The lowest BCUT2D eigenvalue weighted by atomic mass is 9.82. The first-order valence-corrected chi connectivity index (χ1v) is 23.1. The van der Waals surface area contributed by atoms with Crippen LogP contribution in [-0.2, 0) is 38.5 Å². The highest BCUT2D eigenvalue weighted by atomic mass is 35.5. The minimum atomic E-state index is -4.86. The first kappa shape index (κ1) is 41.2. The fourth-order valence-corrected chi connectivity index (χ4v) is 11.0. The molecule has 7 rings (SSSR count). The normalized spacial score (nSPS) is 20.8. The van der Waals surface area contributed by atoms with Crippen molar-refractivity contribution >= 4 is 86.6 Å². The molecule has 0 saturated heterocycles. The molecule has 18 heteroatoms. The Hall–Kier alpha value is -2.43. The molecule has 0 radical (unpaired) electrons. The van der Waals surface area contributed by atoms with Crippen molar-refractivity contribution in [1.29, 1.82) is 0 Å². The van der Waals surface area contributed by atoms with Crippen LogP contribution in [0.5, 0.6) is 0 Å². The number of alkyl halides is 6. The molecular weight excluding hydrogens is 840 g/mol. The number of aromatic amines is 1. The highest BCUT2D eigenvalue weighted by Gasteiger charge is 2.63. The Kier molecular flexibility index (Phi) is 10.6. The van der Waals surface area contributed by atoms with E-state index in [-0.39, 0.29) is 73.9 Å². The highest BCUT2D eigenvalue weighted by Crippen LogP contribution is 2.55. The van der Waals surface area contributed by atoms with E-state index < -0.39 is 47.6 Å². The molecule has 0 saturated carbocycles. The summed E-state index contributed by atoms with van der Waals surface area (Å²) in [5.41, 5.74) is -4.15. The van der Waals surface area contributed by atoms with E-state index in [9.17, 15) is 39.9 Å². The number of fused-ring (bicyclic) bond motifs is 6. The summed E-state index contributed by atoms with van der Waals surface area (Å²) in [6.45, 7) is 6.76. The van der Waals surface area contributed by atoms with Crippen molar-refractivity contribution in [1.82, 2.24) is 8.96 Å². The Balaban J connectivity index is 0.000000210. The summed E-state index contributed by atoms with van der Waals surface area (Å²) < 4.78 is 119. The van der Waals surface area contributed by atoms with Gasteiger partial charge in [0.2, 0.25) is 5.60 Å². The fourth-order valence-electron chi connectivity index (χ4n) is 7.42. The highest BCUT2D eigenvalue weighted by molar-refractivity contribution is 7.90. The average molecular weight is 875 g/mol. The number of aromatic nitrogens is 2. The van der Waals surface area contributed by atoms with Crippen LogP contribution in [0.3, 0.4) is 0 Å². The first-order chi connectivity index (χ1) is 24.8. The smallest absolute Gasteiger partial charge is 0.399 e. The number of hydrogen-bond acceptors (Lipinski definition) is 4. The number of hydrogen-bond donors (Lipinski definition) is 2. The molecule has 0 spiro atoms. The first-order valence-electron chi connectivity index (χ1n) is 16.7. The SMILES string of the molecule is Cc1ccc(S(=O)(=O)n2c3c(c4cc(Cl)c(Cl)cc42)CCCC3(O[Si](C)(C)C)C(F)(F)F)cc1.OC1(C(F)(F)F)CCCc2c1[nH]c1cc(Cl)c(Cl)cc21. The van der Waals surface area contributed by atoms with Gasteiger partial charge in [-0.1, -0.05) is 64.1 Å². The van der Waals surface area contributed by atoms with Gasteiger partial charge in [-0.2, -0.15) is 26.3 Å². The van der Waals surface area contributed by atoms with Crippen LogP contribution >= 0.6 is 46.4 Å². The van der Waals surface area contributed by atoms with Gasteiger partial charge in [0.1, 0.15) is 0 Å². The van der Waals surface area contributed by atoms with Crippen LogP contribution in [0.1, 0.15) is 53.8 Å². The van der Waals surface area contributed by atoms with E-state index in [4.69, 9.17) is 50.8 Å². The van der Waals surface area contributed by atoms with E-state index in [0.29, 0.717) is 28.3 Å². The third kappa shape index (κ3) is 6.96. The summed E-state index contributed by atoms with van der Waals surface area (Å²) in [6.07, 6.45) is -9.15. The van der Waals surface area contributed by atoms with E-state index in [1.54, 1.807) is 38.7 Å². The maximum atomic E-state index is 15.0. The van der Waals surface area contributed by atoms with Gasteiger partial charge in [0, 0.05) is 16.3 Å². The van der Waals surface area contributed by atoms with Crippen LogP contribution in [0.4, 0.5) is 26.3 Å². The van der Waals surface area contributed by atoms with Crippen LogP contribution < -0.4 is 0 Å². The van der Waals surface area contributed by atoms with Crippen LogP contribution in [0.15, 0.2) is 53.4 Å². The van der Waals surface area contributed by atoms with Crippen molar-refractivity contribution in [3.05, 3.63) is 96.7 Å². The molecule has 292 valence electrons. The molecule has 2 unspecified atom stereocenters. The van der Waals surface area contributed by atoms with Gasteiger partial charge in [-0.15, -0.1) is 0 Å². The van der Waals surface area contributed by atoms with Gasteiger partial charge >= 0.3 is 12.4 Å². The average Bonchev–Trinajstić information content (AvgIpc) is 3.57. The van der Waals surface area contributed by atoms with Crippen molar-refractivity contribution in [2.75, 3.05) is 0 Å². The molecule has 0 aliphatic heterocycles. The van der Waals surface area contributed by atoms with Crippen LogP contribution in [0.2, 0.25) is 39.7 Å². The molecule has 2 heterocycles. The zero-order chi connectivity index (χ0) is 40.0. The Bertz CT molecular complexity index is 2390. The summed E-state index contributed by atoms with van der Waals surface area (Å²) in [7, 11) is -7.26. The van der Waals surface area contributed by atoms with Gasteiger partial charge in [0.25, 0.3) is 10.0 Å². The number of H-pyrrole nitrogens is 1. The zero-order valence-electron chi connectivity index (χ0n) is 29.2. The second-order valence-corrected chi connectivity index (χ2v) is 22.4. The molecule has 2 aromatic heterocycles. The maximum absolute atomic E-state index is 15.0. The van der Waals surface area contributed by atoms with E-state index >= 15 is 0 Å².